The molecule has 0 bridgehead atoms. The van der Waals surface area contributed by atoms with Crippen molar-refractivity contribution in [3.8, 4) is 5.75 Å². The number of carboxylic acid groups (broad SMARTS) is 1. The number of hydrogen-bond acceptors (Lipinski definition) is 8. The minimum atomic E-state index is -1.30. The quantitative estimate of drug-likeness (QED) is 0.396. The van der Waals surface area contributed by atoms with Crippen LogP contribution in [-0.4, -0.2) is 64.4 Å². The number of Topliss-reactive ketones (excluding diaryl/α,β-unsaturated/α-hetero) is 1. The van der Waals surface area contributed by atoms with E-state index in [1.54, 1.807) is 13.3 Å². The number of aromatic carboxylic acids is 1. The summed E-state index contributed by atoms with van der Waals surface area (Å²) < 4.78 is 12.2. The van der Waals surface area contributed by atoms with E-state index in [4.69, 9.17) is 9.47 Å². The Hall–Kier alpha value is -3.37. The minimum absolute atomic E-state index is 0. The summed E-state index contributed by atoms with van der Waals surface area (Å²) in [4.78, 5) is 48.8. The first-order valence-electron chi connectivity index (χ1n) is 14.4. The molecule has 2 aliphatic carbocycles. The summed E-state index contributed by atoms with van der Waals surface area (Å²) in [6, 6.07) is 7.19. The second kappa shape index (κ2) is 11.6. The number of carboxylic acids is 1. The number of ether oxygens (including phenoxy) is 2. The third-order valence-electron chi connectivity index (χ3n) is 9.01. The van der Waals surface area contributed by atoms with Crippen LogP contribution >= 0.6 is 0 Å². The maximum absolute atomic E-state index is 13.7. The molecule has 2 aromatic heterocycles. The molecule has 0 N–H and O–H groups in total. The zero-order chi connectivity index (χ0) is 29.0. The van der Waals surface area contributed by atoms with E-state index in [0.29, 0.717) is 48.7 Å². The van der Waals surface area contributed by atoms with Crippen molar-refractivity contribution < 1.29 is 58.5 Å². The fourth-order valence-corrected chi connectivity index (χ4v) is 6.56. The molecular formula is C33H30N3NaO6. The maximum atomic E-state index is 13.7. The summed E-state index contributed by atoms with van der Waals surface area (Å²) in [7, 11) is 1.62. The van der Waals surface area contributed by atoms with Crippen LogP contribution in [0.4, 0.5) is 0 Å². The normalized spacial score (nSPS) is 22.5. The van der Waals surface area contributed by atoms with Crippen molar-refractivity contribution in [1.29, 1.82) is 0 Å². The first kappa shape index (κ1) is 29.7. The van der Waals surface area contributed by atoms with Crippen molar-refractivity contribution >= 4 is 34.0 Å². The minimum Gasteiger partial charge on any atom is -0.545 e. The first-order valence-corrected chi connectivity index (χ1v) is 14.4. The smallest absolute Gasteiger partial charge is 0.545 e. The SMILES string of the molecule is COc1cc(C(=O)N2CCC3(CC2)CC(=O)C2C=C(c4cncc(C(=O)[O-])c4)C=CC2O3)cc2c(C3CC3)nccc12.[Na+]. The molecular weight excluding hydrogens is 557 g/mol. The number of amides is 1. The number of nitrogens with zero attached hydrogens (tertiary/aromatic N) is 3. The molecule has 2 saturated heterocycles. The Morgan fingerprint density at radius 3 is 2.60 bits per heavy atom. The number of carbonyl (C=O) groups is 3. The molecule has 9 nitrogen and oxygen atoms in total. The van der Waals surface area contributed by atoms with Gasteiger partial charge in [0.15, 0.2) is 0 Å². The molecule has 2 atom stereocenters. The molecule has 3 aromatic rings. The number of ketones is 1. The molecule has 2 unspecified atom stereocenters. The molecule has 1 aromatic carbocycles. The molecule has 7 rings (SSSR count). The maximum Gasteiger partial charge on any atom is 1.00 e. The third-order valence-corrected chi connectivity index (χ3v) is 9.01. The van der Waals surface area contributed by atoms with E-state index in [9.17, 15) is 19.5 Å². The van der Waals surface area contributed by atoms with Crippen LogP contribution in [0.2, 0.25) is 0 Å². The van der Waals surface area contributed by atoms with Gasteiger partial charge in [-0.15, -0.1) is 0 Å². The first-order chi connectivity index (χ1) is 20.3. The number of benzene rings is 1. The van der Waals surface area contributed by atoms with Gasteiger partial charge in [-0.2, -0.15) is 0 Å². The fraction of sp³-hybridized carbons (Fsp3) is 0.364. The summed E-state index contributed by atoms with van der Waals surface area (Å²) in [6.07, 6.45) is 13.4. The van der Waals surface area contributed by atoms with Crippen LogP contribution in [0.3, 0.4) is 0 Å². The Labute approximate surface area is 271 Å². The number of allylic oxidation sites excluding steroid dienone is 2. The van der Waals surface area contributed by atoms with E-state index in [1.807, 2.05) is 47.5 Å². The Bertz CT molecular complexity index is 1690. The largest absolute Gasteiger partial charge is 1.00 e. The van der Waals surface area contributed by atoms with Crippen molar-refractivity contribution in [3.05, 3.63) is 83.5 Å². The average Bonchev–Trinajstić information content (AvgIpc) is 3.86. The molecule has 10 heteroatoms. The van der Waals surface area contributed by atoms with Gasteiger partial charge in [0.05, 0.1) is 36.4 Å². The Balaban J connectivity index is 0.00000329. The number of fused-ring (bicyclic) bond motifs is 2. The van der Waals surface area contributed by atoms with Crippen LogP contribution in [0.15, 0.2) is 61.1 Å². The number of rotatable bonds is 5. The number of methoxy groups -OCH3 is 1. The number of hydrogen-bond donors (Lipinski definition) is 0. The van der Waals surface area contributed by atoms with Crippen LogP contribution < -0.4 is 39.4 Å². The van der Waals surface area contributed by atoms with Crippen LogP contribution in [-0.2, 0) is 9.53 Å². The molecule has 4 heterocycles. The van der Waals surface area contributed by atoms with Gasteiger partial charge in [-0.25, -0.2) is 0 Å². The van der Waals surface area contributed by atoms with Crippen LogP contribution in [0.5, 0.6) is 5.75 Å². The predicted molar refractivity (Wildman–Crippen MR) is 152 cm³/mol. The summed E-state index contributed by atoms with van der Waals surface area (Å²) in [5.74, 6) is -0.636. The van der Waals surface area contributed by atoms with Gasteiger partial charge in [0.2, 0.25) is 0 Å². The van der Waals surface area contributed by atoms with E-state index in [0.717, 1.165) is 34.9 Å². The Kier molecular flexibility index (Phi) is 8.02. The van der Waals surface area contributed by atoms with Crippen molar-refractivity contribution in [1.82, 2.24) is 14.9 Å². The van der Waals surface area contributed by atoms with Crippen molar-refractivity contribution in [2.24, 2.45) is 5.92 Å². The third kappa shape index (κ3) is 5.55. The Morgan fingerprint density at radius 2 is 1.88 bits per heavy atom. The molecule has 1 saturated carbocycles. The predicted octanol–water partition coefficient (Wildman–Crippen LogP) is 0.486. The molecule has 1 amide bonds. The van der Waals surface area contributed by atoms with Crippen LogP contribution in [0.1, 0.15) is 70.0 Å². The van der Waals surface area contributed by atoms with Gasteiger partial charge < -0.3 is 24.3 Å². The van der Waals surface area contributed by atoms with E-state index >= 15 is 0 Å². The van der Waals surface area contributed by atoms with Crippen LogP contribution in [0.25, 0.3) is 16.3 Å². The van der Waals surface area contributed by atoms with E-state index in [-0.39, 0.29) is 53.2 Å². The fourth-order valence-electron chi connectivity index (χ4n) is 6.56. The van der Waals surface area contributed by atoms with Crippen LogP contribution in [0, 0.1) is 5.92 Å². The average molecular weight is 588 g/mol. The summed E-state index contributed by atoms with van der Waals surface area (Å²) in [5.41, 5.74) is 2.31. The van der Waals surface area contributed by atoms with E-state index < -0.39 is 23.6 Å². The molecule has 43 heavy (non-hydrogen) atoms. The second-order valence-corrected chi connectivity index (χ2v) is 11.7. The Morgan fingerprint density at radius 1 is 1.09 bits per heavy atom. The molecule has 1 spiro atoms. The molecule has 2 aliphatic heterocycles. The van der Waals surface area contributed by atoms with Gasteiger partial charge in [0.1, 0.15) is 11.5 Å². The standard InChI is InChI=1S/C33H31N3O6.Na/c1-41-29-15-21(14-25-24(29)6-9-35-30(25)19-2-3-19)31(38)36-10-7-33(8-11-36)16-27(37)26-13-20(4-5-28(26)42-33)22-12-23(32(39)40)18-34-17-22;/h4-6,9,12-15,17-19,26,28H,2-3,7-8,10-11,16H2,1H3,(H,39,40);/q;+1/p-1. The molecule has 0 radical (unpaired) electrons. The van der Waals surface area contributed by atoms with Gasteiger partial charge in [0, 0.05) is 71.5 Å². The number of carbonyl (C=O) groups excluding carboxylic acids is 3. The number of likely N-dealkylation sites (tertiary alicyclic amines) is 1. The van der Waals surface area contributed by atoms with Crippen molar-refractivity contribution in [2.45, 2.75) is 49.7 Å². The van der Waals surface area contributed by atoms with Gasteiger partial charge in [-0.1, -0.05) is 18.2 Å². The summed E-state index contributed by atoms with van der Waals surface area (Å²) in [5, 5.41) is 13.2. The van der Waals surface area contributed by atoms with Crippen molar-refractivity contribution in [3.63, 3.8) is 0 Å². The number of piperidine rings is 1. The van der Waals surface area contributed by atoms with Gasteiger partial charge >= 0.3 is 29.6 Å². The molecule has 3 fully saturated rings. The zero-order valence-corrected chi connectivity index (χ0v) is 26.2. The zero-order valence-electron chi connectivity index (χ0n) is 24.2. The number of aromatic nitrogens is 2. The van der Waals surface area contributed by atoms with Gasteiger partial charge in [-0.05, 0) is 55.5 Å². The topological polar surface area (TPSA) is 122 Å². The summed E-state index contributed by atoms with van der Waals surface area (Å²) >= 11 is 0. The van der Waals surface area contributed by atoms with Crippen molar-refractivity contribution in [2.75, 3.05) is 20.2 Å². The number of pyridine rings is 2. The molecule has 4 aliphatic rings. The van der Waals surface area contributed by atoms with E-state index in [1.165, 1.54) is 12.3 Å². The monoisotopic (exact) mass is 587 g/mol. The molecule has 214 valence electrons. The summed E-state index contributed by atoms with van der Waals surface area (Å²) in [6.45, 7) is 0.970. The van der Waals surface area contributed by atoms with Gasteiger partial charge in [-0.3, -0.25) is 19.6 Å². The second-order valence-electron chi connectivity index (χ2n) is 11.7. The van der Waals surface area contributed by atoms with E-state index in [2.05, 4.69) is 9.97 Å². The van der Waals surface area contributed by atoms with Gasteiger partial charge in [0.25, 0.3) is 5.91 Å².